The molecule has 0 aliphatic carbocycles. The predicted molar refractivity (Wildman–Crippen MR) is 67.1 cm³/mol. The van der Waals surface area contributed by atoms with E-state index in [0.717, 1.165) is 13.1 Å². The monoisotopic (exact) mass is 328 g/mol. The van der Waals surface area contributed by atoms with Gasteiger partial charge in [0.25, 0.3) is 0 Å². The third-order valence-corrected chi connectivity index (χ3v) is 6.84. The van der Waals surface area contributed by atoms with E-state index >= 15 is 0 Å². The number of hydrogen-bond donors (Lipinski definition) is 0. The Morgan fingerprint density at radius 3 is 1.47 bits per heavy atom. The molecule has 11 heteroatoms. The molecule has 0 aromatic rings. The standard InChI is InChI=1S/C8H12O8S2Si/c1-5-7-13-17(9,10)15-19(3,4)16-18(11,12)14-8-6-2/h1-2H,7-8H2,3-4H3. The van der Waals surface area contributed by atoms with Gasteiger partial charge in [0.1, 0.15) is 13.2 Å². The van der Waals surface area contributed by atoms with E-state index in [-0.39, 0.29) is 0 Å². The summed E-state index contributed by atoms with van der Waals surface area (Å²) in [7, 11) is -12.6. The van der Waals surface area contributed by atoms with Gasteiger partial charge < -0.3 is 0 Å². The highest BCUT2D eigenvalue weighted by Crippen LogP contribution is 2.15. The van der Waals surface area contributed by atoms with E-state index in [1.54, 1.807) is 0 Å². The fourth-order valence-electron chi connectivity index (χ4n) is 0.766. The fourth-order valence-corrected chi connectivity index (χ4v) is 5.87. The van der Waals surface area contributed by atoms with Crippen LogP contribution in [-0.2, 0) is 36.9 Å². The normalized spacial score (nSPS) is 12.6. The van der Waals surface area contributed by atoms with Crippen LogP contribution in [0, 0.1) is 24.7 Å². The Morgan fingerprint density at radius 2 is 1.21 bits per heavy atom. The van der Waals surface area contributed by atoms with Crippen molar-refractivity contribution in [2.75, 3.05) is 13.2 Å². The number of hydrogen-bond acceptors (Lipinski definition) is 8. The second kappa shape index (κ2) is 7.02. The summed E-state index contributed by atoms with van der Waals surface area (Å²) in [5.41, 5.74) is 0. The number of rotatable bonds is 8. The largest absolute Gasteiger partial charge is 0.393 e. The Kier molecular flexibility index (Phi) is 6.68. The van der Waals surface area contributed by atoms with Crippen molar-refractivity contribution in [2.45, 2.75) is 13.1 Å². The van der Waals surface area contributed by atoms with Crippen molar-refractivity contribution in [3.8, 4) is 24.7 Å². The van der Waals surface area contributed by atoms with Gasteiger partial charge >= 0.3 is 29.4 Å². The van der Waals surface area contributed by atoms with Gasteiger partial charge in [-0.3, -0.25) is 7.74 Å². The van der Waals surface area contributed by atoms with Crippen LogP contribution in [0.15, 0.2) is 0 Å². The Balaban J connectivity index is 4.74. The van der Waals surface area contributed by atoms with Gasteiger partial charge in [0.15, 0.2) is 0 Å². The van der Waals surface area contributed by atoms with Crippen molar-refractivity contribution in [1.82, 2.24) is 0 Å². The lowest BCUT2D eigenvalue weighted by Crippen LogP contribution is -2.40. The molecule has 8 nitrogen and oxygen atoms in total. The SMILES string of the molecule is C#CCOS(=O)(=O)O[Si](C)(C)OS(=O)(=O)OCC#C. The van der Waals surface area contributed by atoms with Crippen molar-refractivity contribution in [2.24, 2.45) is 0 Å². The van der Waals surface area contributed by atoms with E-state index in [2.05, 4.69) is 16.1 Å². The maximum absolute atomic E-state index is 11.3. The molecule has 0 aromatic carbocycles. The third-order valence-electron chi connectivity index (χ3n) is 1.18. The van der Waals surface area contributed by atoms with Gasteiger partial charge in [0.05, 0.1) is 0 Å². The molecule has 0 saturated heterocycles. The lowest BCUT2D eigenvalue weighted by atomic mass is 10.8. The molecule has 0 aliphatic rings. The molecule has 0 amide bonds. The van der Waals surface area contributed by atoms with Crippen LogP contribution < -0.4 is 0 Å². The molecule has 0 aromatic heterocycles. The average molecular weight is 328 g/mol. The molecule has 0 spiro atoms. The lowest BCUT2D eigenvalue weighted by molar-refractivity contribution is 0.262. The zero-order valence-corrected chi connectivity index (χ0v) is 12.8. The quantitative estimate of drug-likeness (QED) is 0.434. The van der Waals surface area contributed by atoms with Gasteiger partial charge in [-0.15, -0.1) is 12.8 Å². The molecule has 0 aliphatic heterocycles. The highest BCUT2D eigenvalue weighted by atomic mass is 32.3. The molecule has 0 rings (SSSR count). The molecular formula is C8H12O8S2Si. The first kappa shape index (κ1) is 18.1. The van der Waals surface area contributed by atoms with E-state index in [1.165, 1.54) is 0 Å². The summed E-state index contributed by atoms with van der Waals surface area (Å²) in [5.74, 6) is 3.83. The zero-order valence-electron chi connectivity index (χ0n) is 10.2. The first-order chi connectivity index (χ1) is 8.54. The van der Waals surface area contributed by atoms with Gasteiger partial charge in [-0.2, -0.15) is 16.8 Å². The molecule has 0 bridgehead atoms. The third kappa shape index (κ3) is 8.74. The van der Waals surface area contributed by atoms with Crippen LogP contribution >= 0.6 is 0 Å². The van der Waals surface area contributed by atoms with E-state index in [9.17, 15) is 16.8 Å². The van der Waals surface area contributed by atoms with Gasteiger partial charge in [0.2, 0.25) is 0 Å². The minimum Gasteiger partial charge on any atom is -0.262 e. The minimum absolute atomic E-state index is 0.548. The molecule has 0 fully saturated rings. The Hall–Kier alpha value is -0.923. The van der Waals surface area contributed by atoms with Crippen molar-refractivity contribution < 1.29 is 32.9 Å². The summed E-state index contributed by atoms with van der Waals surface area (Å²) in [6.07, 6.45) is 9.61. The van der Waals surface area contributed by atoms with Crippen LogP contribution in [-0.4, -0.2) is 38.6 Å². The van der Waals surface area contributed by atoms with Crippen LogP contribution in [0.3, 0.4) is 0 Å². The summed E-state index contributed by atoms with van der Waals surface area (Å²) in [5, 5.41) is 0. The maximum Gasteiger partial charge on any atom is 0.393 e. The first-order valence-electron chi connectivity index (χ1n) is 4.60. The lowest BCUT2D eigenvalue weighted by Gasteiger charge is -2.19. The molecule has 19 heavy (non-hydrogen) atoms. The van der Waals surface area contributed by atoms with Crippen LogP contribution in [0.4, 0.5) is 0 Å². The van der Waals surface area contributed by atoms with Gasteiger partial charge in [-0.1, -0.05) is 11.8 Å². The van der Waals surface area contributed by atoms with Crippen molar-refractivity contribution in [3.63, 3.8) is 0 Å². The Labute approximate surface area is 113 Å². The molecule has 0 atom stereocenters. The van der Waals surface area contributed by atoms with Gasteiger partial charge in [-0.25, -0.2) is 8.37 Å². The summed E-state index contributed by atoms with van der Waals surface area (Å²) >= 11 is 0. The highest BCUT2D eigenvalue weighted by Gasteiger charge is 2.38. The summed E-state index contributed by atoms with van der Waals surface area (Å²) in [6, 6.07) is 0. The Bertz CT molecular complexity index is 525. The topological polar surface area (TPSA) is 105 Å². The van der Waals surface area contributed by atoms with Crippen LogP contribution in [0.2, 0.25) is 13.1 Å². The molecular weight excluding hydrogens is 316 g/mol. The molecule has 108 valence electrons. The van der Waals surface area contributed by atoms with Crippen molar-refractivity contribution >= 4 is 29.4 Å². The molecule has 0 radical (unpaired) electrons. The van der Waals surface area contributed by atoms with Crippen LogP contribution in [0.5, 0.6) is 0 Å². The maximum atomic E-state index is 11.3. The average Bonchev–Trinajstić information content (AvgIpc) is 2.20. The Morgan fingerprint density at radius 1 is 0.895 bits per heavy atom. The molecule has 0 N–H and O–H groups in total. The zero-order chi connectivity index (χ0) is 15.2. The van der Waals surface area contributed by atoms with E-state index in [0.29, 0.717) is 0 Å². The molecule has 0 saturated carbocycles. The molecule has 0 unspecified atom stereocenters. The first-order valence-corrected chi connectivity index (χ1v) is 10.1. The number of terminal acetylenes is 2. The van der Waals surface area contributed by atoms with E-state index in [1.807, 2.05) is 11.8 Å². The predicted octanol–water partition coefficient (Wildman–Crippen LogP) is -0.489. The fraction of sp³-hybridized carbons (Fsp3) is 0.500. The second-order valence-corrected chi connectivity index (χ2v) is 9.55. The van der Waals surface area contributed by atoms with Crippen LogP contribution in [0.1, 0.15) is 0 Å². The van der Waals surface area contributed by atoms with E-state index < -0.39 is 42.6 Å². The van der Waals surface area contributed by atoms with Crippen molar-refractivity contribution in [1.29, 1.82) is 0 Å². The van der Waals surface area contributed by atoms with E-state index in [4.69, 9.17) is 12.8 Å². The minimum atomic E-state index is -4.46. The summed E-state index contributed by atoms with van der Waals surface area (Å²) < 4.78 is 62.4. The summed E-state index contributed by atoms with van der Waals surface area (Å²) in [4.78, 5) is 0. The van der Waals surface area contributed by atoms with Crippen molar-refractivity contribution in [3.05, 3.63) is 0 Å². The van der Waals surface area contributed by atoms with Gasteiger partial charge in [-0.05, 0) is 13.1 Å². The second-order valence-electron chi connectivity index (χ2n) is 3.32. The molecule has 0 heterocycles. The smallest absolute Gasteiger partial charge is 0.262 e. The van der Waals surface area contributed by atoms with Gasteiger partial charge in [0, 0.05) is 0 Å². The summed E-state index contributed by atoms with van der Waals surface area (Å²) in [6.45, 7) is 1.21. The van der Waals surface area contributed by atoms with Crippen LogP contribution in [0.25, 0.3) is 0 Å². The highest BCUT2D eigenvalue weighted by molar-refractivity contribution is 7.84.